The molecule has 3 nitrogen and oxygen atoms in total. The number of aryl methyl sites for hydroxylation is 1. The maximum Gasteiger partial charge on any atom is 0.306 e. The lowest BCUT2D eigenvalue weighted by atomic mass is 10.1. The molecule has 0 unspecified atom stereocenters. The molecule has 0 radical (unpaired) electrons. The van der Waals surface area contributed by atoms with Crippen LogP contribution in [0, 0.1) is 0 Å². The zero-order valence-corrected chi connectivity index (χ0v) is 16.1. The molecule has 0 saturated carbocycles. The van der Waals surface area contributed by atoms with Gasteiger partial charge in [-0.25, -0.2) is 0 Å². The number of ether oxygens (including phenoxy) is 1. The summed E-state index contributed by atoms with van der Waals surface area (Å²) in [6.45, 7) is 11.0. The minimum absolute atomic E-state index is 0.141. The van der Waals surface area contributed by atoms with Crippen molar-refractivity contribution in [1.82, 2.24) is 0 Å². The number of hydrogen-bond acceptors (Lipinski definition) is 2. The molecular formula is C22H30NO2+. The van der Waals surface area contributed by atoms with Crippen LogP contribution in [0.15, 0.2) is 48.7 Å². The van der Waals surface area contributed by atoms with Gasteiger partial charge in [0.15, 0.2) is 18.4 Å². The highest BCUT2D eigenvalue weighted by Crippen LogP contribution is 2.13. The number of hydrogen-bond donors (Lipinski definition) is 0. The number of carbonyl (C=O) groups excluding carboxylic acids is 1. The van der Waals surface area contributed by atoms with Crippen LogP contribution in [0.5, 0.6) is 0 Å². The molecule has 1 heterocycles. The molecule has 3 heteroatoms. The van der Waals surface area contributed by atoms with Gasteiger partial charge < -0.3 is 4.74 Å². The number of rotatable bonds is 6. The summed E-state index contributed by atoms with van der Waals surface area (Å²) < 4.78 is 7.65. The van der Waals surface area contributed by atoms with E-state index >= 15 is 0 Å². The molecule has 2 rings (SSSR count). The molecule has 0 aliphatic heterocycles. The maximum atomic E-state index is 11.8. The van der Waals surface area contributed by atoms with Crippen molar-refractivity contribution in [3.8, 4) is 0 Å². The van der Waals surface area contributed by atoms with E-state index < -0.39 is 5.60 Å². The number of nitrogens with zero attached hydrogens (tertiary/aromatic N) is 1. The summed E-state index contributed by atoms with van der Waals surface area (Å²) in [6, 6.07) is 14.9. The number of esters is 1. The first-order valence-electron chi connectivity index (χ1n) is 9.02. The smallest absolute Gasteiger partial charge is 0.306 e. The molecule has 0 aliphatic carbocycles. The van der Waals surface area contributed by atoms with Crippen LogP contribution in [0.3, 0.4) is 0 Å². The average Bonchev–Trinajstić information content (AvgIpc) is 2.53. The Kier molecular flexibility index (Phi) is 6.35. The fraction of sp³-hybridized carbons (Fsp3) is 0.455. The van der Waals surface area contributed by atoms with Crippen LogP contribution >= 0.6 is 0 Å². The van der Waals surface area contributed by atoms with E-state index in [2.05, 4.69) is 67.1 Å². The Morgan fingerprint density at radius 1 is 1.04 bits per heavy atom. The van der Waals surface area contributed by atoms with Crippen molar-refractivity contribution >= 4 is 5.97 Å². The fourth-order valence-electron chi connectivity index (χ4n) is 2.80. The molecule has 0 aliphatic rings. The molecule has 0 amide bonds. The predicted molar refractivity (Wildman–Crippen MR) is 100 cm³/mol. The van der Waals surface area contributed by atoms with Gasteiger partial charge >= 0.3 is 5.97 Å². The third-order valence-electron chi connectivity index (χ3n) is 3.98. The van der Waals surface area contributed by atoms with Gasteiger partial charge in [-0.2, -0.15) is 4.57 Å². The summed E-state index contributed by atoms with van der Waals surface area (Å²) >= 11 is 0. The van der Waals surface area contributed by atoms with E-state index in [-0.39, 0.29) is 5.97 Å². The lowest BCUT2D eigenvalue weighted by Crippen LogP contribution is -2.38. The monoisotopic (exact) mass is 340 g/mol. The summed E-state index contributed by atoms with van der Waals surface area (Å²) in [6.07, 6.45) is 3.26. The molecule has 1 aromatic heterocycles. The Balaban J connectivity index is 1.95. The van der Waals surface area contributed by atoms with Gasteiger partial charge in [-0.3, -0.25) is 4.79 Å². The highest BCUT2D eigenvalue weighted by Gasteiger charge is 2.16. The van der Waals surface area contributed by atoms with E-state index in [4.69, 9.17) is 4.74 Å². The summed E-state index contributed by atoms with van der Waals surface area (Å²) in [5, 5.41) is 0. The van der Waals surface area contributed by atoms with Gasteiger partial charge in [0.1, 0.15) is 5.60 Å². The number of aromatic nitrogens is 1. The Bertz CT molecular complexity index is 697. The Labute approximate surface area is 151 Å². The van der Waals surface area contributed by atoms with Crippen LogP contribution in [0.1, 0.15) is 63.8 Å². The van der Waals surface area contributed by atoms with Gasteiger partial charge in [-0.05, 0) is 32.8 Å². The fourth-order valence-corrected chi connectivity index (χ4v) is 2.80. The third-order valence-corrected chi connectivity index (χ3v) is 3.98. The Morgan fingerprint density at radius 3 is 2.28 bits per heavy atom. The van der Waals surface area contributed by atoms with Crippen molar-refractivity contribution in [1.29, 1.82) is 0 Å². The van der Waals surface area contributed by atoms with Crippen molar-refractivity contribution in [3.63, 3.8) is 0 Å². The van der Waals surface area contributed by atoms with Gasteiger partial charge in [0.2, 0.25) is 0 Å². The van der Waals surface area contributed by atoms with Gasteiger partial charge in [-0.15, -0.1) is 0 Å². The second-order valence-electron chi connectivity index (χ2n) is 7.81. The molecular weight excluding hydrogens is 310 g/mol. The van der Waals surface area contributed by atoms with Crippen molar-refractivity contribution < 1.29 is 14.1 Å². The molecule has 0 saturated heterocycles. The largest absolute Gasteiger partial charge is 0.460 e. The highest BCUT2D eigenvalue weighted by molar-refractivity contribution is 5.70. The Hall–Kier alpha value is -2.16. The zero-order chi connectivity index (χ0) is 18.4. The minimum atomic E-state index is -0.415. The second-order valence-corrected chi connectivity index (χ2v) is 7.81. The molecule has 0 spiro atoms. The molecule has 0 atom stereocenters. The molecule has 2 aromatic rings. The van der Waals surface area contributed by atoms with E-state index in [9.17, 15) is 4.79 Å². The summed E-state index contributed by atoms with van der Waals surface area (Å²) in [4.78, 5) is 11.8. The second kappa shape index (κ2) is 8.28. The first-order valence-corrected chi connectivity index (χ1v) is 9.02. The van der Waals surface area contributed by atoms with Gasteiger partial charge in [-0.1, -0.05) is 44.2 Å². The normalized spacial score (nSPS) is 11.6. The van der Waals surface area contributed by atoms with Gasteiger partial charge in [0.25, 0.3) is 0 Å². The van der Waals surface area contributed by atoms with Crippen LogP contribution in [-0.4, -0.2) is 11.6 Å². The topological polar surface area (TPSA) is 30.2 Å². The maximum absolute atomic E-state index is 11.8. The average molecular weight is 340 g/mol. The van der Waals surface area contributed by atoms with E-state index in [1.807, 2.05) is 20.8 Å². The highest BCUT2D eigenvalue weighted by atomic mass is 16.6. The molecule has 0 fully saturated rings. The lowest BCUT2D eigenvalue weighted by Gasteiger charge is -2.19. The SMILES string of the molecule is CC(C)c1cccc[n+]1Cc1ccc(CCC(=O)OC(C)(C)C)cc1. The van der Waals surface area contributed by atoms with E-state index in [0.29, 0.717) is 18.8 Å². The first kappa shape index (κ1) is 19.2. The predicted octanol–water partition coefficient (Wildman–Crippen LogP) is 4.42. The third kappa shape index (κ3) is 6.33. The van der Waals surface area contributed by atoms with Crippen LogP contribution in [0.4, 0.5) is 0 Å². The van der Waals surface area contributed by atoms with Crippen molar-refractivity contribution in [2.45, 2.75) is 65.5 Å². The number of pyridine rings is 1. The zero-order valence-electron chi connectivity index (χ0n) is 16.1. The molecule has 1 aromatic carbocycles. The van der Waals surface area contributed by atoms with Crippen molar-refractivity contribution in [2.24, 2.45) is 0 Å². The van der Waals surface area contributed by atoms with Crippen LogP contribution < -0.4 is 4.57 Å². The summed E-state index contributed by atoms with van der Waals surface area (Å²) in [7, 11) is 0. The summed E-state index contributed by atoms with van der Waals surface area (Å²) in [5.74, 6) is 0.354. The van der Waals surface area contributed by atoms with Crippen molar-refractivity contribution in [2.75, 3.05) is 0 Å². The van der Waals surface area contributed by atoms with Gasteiger partial charge in [0, 0.05) is 30.0 Å². The van der Waals surface area contributed by atoms with Crippen LogP contribution in [0.25, 0.3) is 0 Å². The number of benzene rings is 1. The quantitative estimate of drug-likeness (QED) is 0.575. The first-order chi connectivity index (χ1) is 11.7. The number of carbonyl (C=O) groups is 1. The Morgan fingerprint density at radius 2 is 1.68 bits per heavy atom. The van der Waals surface area contributed by atoms with E-state index in [1.165, 1.54) is 11.3 Å². The molecule has 0 N–H and O–H groups in total. The van der Waals surface area contributed by atoms with Gasteiger partial charge in [0.05, 0.1) is 0 Å². The molecule has 134 valence electrons. The van der Waals surface area contributed by atoms with Crippen molar-refractivity contribution in [3.05, 3.63) is 65.5 Å². The summed E-state index contributed by atoms with van der Waals surface area (Å²) in [5.41, 5.74) is 3.34. The lowest BCUT2D eigenvalue weighted by molar-refractivity contribution is -0.696. The molecule has 25 heavy (non-hydrogen) atoms. The minimum Gasteiger partial charge on any atom is -0.460 e. The van der Waals surface area contributed by atoms with E-state index in [1.54, 1.807) is 0 Å². The van der Waals surface area contributed by atoms with Crippen LogP contribution in [-0.2, 0) is 22.5 Å². The van der Waals surface area contributed by atoms with Crippen LogP contribution in [0.2, 0.25) is 0 Å². The van der Waals surface area contributed by atoms with E-state index in [0.717, 1.165) is 12.1 Å². The molecule has 0 bridgehead atoms. The standard InChI is InChI=1S/C22H30NO2/c1-17(2)20-8-6-7-15-23(20)16-19-11-9-18(10-12-19)13-14-21(24)25-22(3,4)5/h6-12,15,17H,13-14,16H2,1-5H3/q+1.